The van der Waals surface area contributed by atoms with Gasteiger partial charge in [0.25, 0.3) is 0 Å². The van der Waals surface area contributed by atoms with Crippen LogP contribution in [0.3, 0.4) is 0 Å². The minimum atomic E-state index is -3.95. The molecule has 0 fully saturated rings. The number of benzene rings is 1. The Balaban J connectivity index is 2.86. The smallest absolute Gasteiger partial charge is 0.347 e. The molecule has 22 heavy (non-hydrogen) atoms. The van der Waals surface area contributed by atoms with Gasteiger partial charge in [0.1, 0.15) is 21.7 Å². The highest BCUT2D eigenvalue weighted by Crippen LogP contribution is 2.31. The molecule has 2 aromatic rings. The fourth-order valence-corrected chi connectivity index (χ4v) is 2.10. The van der Waals surface area contributed by atoms with Crippen molar-refractivity contribution in [2.24, 2.45) is 5.89 Å². The highest BCUT2D eigenvalue weighted by molar-refractivity contribution is 7.17. The van der Waals surface area contributed by atoms with E-state index in [9.17, 15) is 15.2 Å². The molecule has 0 unspecified atom stereocenters. The topological polar surface area (TPSA) is 83.2 Å². The van der Waals surface area contributed by atoms with Crippen molar-refractivity contribution in [3.8, 4) is 22.4 Å². The summed E-state index contributed by atoms with van der Waals surface area (Å²) < 4.78 is 120. The number of aromatic carboxylic acids is 1. The van der Waals surface area contributed by atoms with E-state index in [2.05, 4.69) is 4.98 Å². The number of carboxylic acid groups (broad SMARTS) is 1. The van der Waals surface area contributed by atoms with Crippen LogP contribution >= 0.6 is 11.3 Å². The number of carbonyl (C=O) groups is 1. The van der Waals surface area contributed by atoms with Crippen LogP contribution in [-0.2, 0) is 0 Å². The van der Waals surface area contributed by atoms with Crippen LogP contribution in [0.25, 0.3) is 10.6 Å². The number of ether oxygens (including phenoxy) is 1. The lowest BCUT2D eigenvalue weighted by Gasteiger charge is -2.10. The van der Waals surface area contributed by atoms with Crippen molar-refractivity contribution in [2.45, 2.75) is 20.6 Å². The van der Waals surface area contributed by atoms with Crippen LogP contribution in [0.1, 0.15) is 55.2 Å². The zero-order valence-electron chi connectivity index (χ0n) is 25.6. The summed E-state index contributed by atoms with van der Waals surface area (Å²) in [5, 5.41) is 18.4. The number of rotatable bonds is 5. The summed E-state index contributed by atoms with van der Waals surface area (Å²) in [6, 6.07) is -1.78. The van der Waals surface area contributed by atoms with Gasteiger partial charge in [0, 0.05) is 19.3 Å². The number of nitrogens with zero attached hydrogens (tertiary/aromatic N) is 2. The van der Waals surface area contributed by atoms with E-state index in [0.29, 0.717) is 0 Å². The lowest BCUT2D eigenvalue weighted by Crippen LogP contribution is -2.05. The SMILES string of the molecule is [2H]c1c([2H])c(-c2nc(C([2H])([2H])[2H])c(C(=O)O)s2)c([2H])c(C#N)c1OC([2H])([2H])C([2H])(C([2H])([2H])[2H])C([2H])([2H])[2H]. The molecule has 0 aliphatic carbocycles. The summed E-state index contributed by atoms with van der Waals surface area (Å²) in [7, 11) is 0. The Morgan fingerprint density at radius 1 is 1.73 bits per heavy atom. The molecule has 5 nitrogen and oxygen atoms in total. The van der Waals surface area contributed by atoms with E-state index in [1.54, 1.807) is 0 Å². The van der Waals surface area contributed by atoms with Gasteiger partial charge in [-0.2, -0.15) is 5.26 Å². The van der Waals surface area contributed by atoms with Crippen molar-refractivity contribution in [1.82, 2.24) is 4.98 Å². The first kappa shape index (κ1) is 5.36. The fourth-order valence-electron chi connectivity index (χ4n) is 1.33. The second kappa shape index (κ2) is 6.58. The molecule has 1 N–H and O–H groups in total. The molecule has 6 heteroatoms. The van der Waals surface area contributed by atoms with E-state index in [-0.39, 0.29) is 11.3 Å². The van der Waals surface area contributed by atoms with Gasteiger partial charge in [0.05, 0.1) is 24.7 Å². The normalized spacial score (nSPS) is 23.3. The number of aromatic nitrogens is 1. The summed E-state index contributed by atoms with van der Waals surface area (Å²) in [5.41, 5.74) is -2.56. The monoisotopic (exact) mass is 331 g/mol. The van der Waals surface area contributed by atoms with Gasteiger partial charge < -0.3 is 9.84 Å². The van der Waals surface area contributed by atoms with Crippen molar-refractivity contribution in [1.29, 1.82) is 5.26 Å². The minimum absolute atomic E-state index is 0.237. The standard InChI is InChI=1S/C16H16N2O3S/c1-9(2)8-21-13-5-4-11(6-12(13)7-17)15-18-10(3)14(22-15)16(19)20/h4-6,9H,8H2,1-3H3,(H,19,20)/i1D3,2D3,3D3,4D,5D,6D,8D2,9D. The quantitative estimate of drug-likeness (QED) is 0.902. The van der Waals surface area contributed by atoms with Crippen LogP contribution in [0.5, 0.6) is 5.75 Å². The molecule has 0 radical (unpaired) electrons. The Labute approximate surface area is 153 Å². The fraction of sp³-hybridized carbons (Fsp3) is 0.312. The molecule has 0 aliphatic rings. The summed E-state index contributed by atoms with van der Waals surface area (Å²) in [6.45, 7) is -14.6. The van der Waals surface area contributed by atoms with Crippen LogP contribution in [-0.4, -0.2) is 22.6 Å². The number of carboxylic acids is 1. The first-order chi connectivity index (χ1) is 16.4. The molecule has 0 bridgehead atoms. The second-order valence-electron chi connectivity index (χ2n) is 3.65. The molecule has 2 rings (SSSR count). The van der Waals surface area contributed by atoms with E-state index in [0.717, 1.165) is 0 Å². The predicted octanol–water partition coefficient (Wildman–Crippen LogP) is 3.72. The zero-order chi connectivity index (χ0) is 29.1. The third-order valence-electron chi connectivity index (χ3n) is 2.18. The van der Waals surface area contributed by atoms with Gasteiger partial charge in [0.15, 0.2) is 0 Å². The maximum Gasteiger partial charge on any atom is 0.347 e. The lowest BCUT2D eigenvalue weighted by atomic mass is 10.1. The molecule has 0 atom stereocenters. The molecule has 0 saturated carbocycles. The van der Waals surface area contributed by atoms with E-state index in [4.69, 9.17) is 25.3 Å². The van der Waals surface area contributed by atoms with Gasteiger partial charge in [0.2, 0.25) is 0 Å². The van der Waals surface area contributed by atoms with Crippen LogP contribution in [0.2, 0.25) is 0 Å². The van der Waals surface area contributed by atoms with Crippen molar-refractivity contribution in [3.05, 3.63) is 34.3 Å². The van der Waals surface area contributed by atoms with Crippen LogP contribution in [0.15, 0.2) is 18.1 Å². The first-order valence-corrected chi connectivity index (χ1v) is 6.23. The molecule has 0 spiro atoms. The van der Waals surface area contributed by atoms with Crippen molar-refractivity contribution < 1.29 is 35.2 Å². The van der Waals surface area contributed by atoms with Crippen molar-refractivity contribution >= 4 is 17.3 Å². The molecule has 0 amide bonds. The Kier molecular flexibility index (Phi) is 1.60. The van der Waals surface area contributed by atoms with Gasteiger partial charge in [-0.25, -0.2) is 9.78 Å². The van der Waals surface area contributed by atoms with E-state index >= 15 is 0 Å². The largest absolute Gasteiger partial charge is 0.492 e. The van der Waals surface area contributed by atoms with Gasteiger partial charge in [-0.15, -0.1) is 11.3 Å². The Morgan fingerprint density at radius 3 is 3.14 bits per heavy atom. The molecule has 1 aromatic heterocycles. The number of hydrogen-bond acceptors (Lipinski definition) is 5. The second-order valence-corrected chi connectivity index (χ2v) is 4.65. The third-order valence-corrected chi connectivity index (χ3v) is 3.24. The lowest BCUT2D eigenvalue weighted by molar-refractivity contribution is 0.0701. The number of nitriles is 1. The van der Waals surface area contributed by atoms with Gasteiger partial charge >= 0.3 is 5.97 Å². The molecule has 0 saturated heterocycles. The van der Waals surface area contributed by atoms with Crippen molar-refractivity contribution in [2.75, 3.05) is 6.56 Å². The predicted molar refractivity (Wildman–Crippen MR) is 84.3 cm³/mol. The summed E-state index contributed by atoms with van der Waals surface area (Å²) in [6.07, 6.45) is 0. The Morgan fingerprint density at radius 2 is 2.55 bits per heavy atom. The van der Waals surface area contributed by atoms with Gasteiger partial charge in [-0.05, 0) is 30.9 Å². The first-order valence-electron chi connectivity index (χ1n) is 12.9. The summed E-state index contributed by atoms with van der Waals surface area (Å²) in [4.78, 5) is 14.4. The summed E-state index contributed by atoms with van der Waals surface area (Å²) in [5.74, 6) is -6.86. The maximum absolute atomic E-state index is 11.5. The minimum Gasteiger partial charge on any atom is -0.492 e. The van der Waals surface area contributed by atoms with Crippen molar-refractivity contribution in [3.63, 3.8) is 0 Å². The number of thiazole rings is 1. The molecule has 1 aromatic carbocycles. The third kappa shape index (κ3) is 3.43. The average Bonchev–Trinajstić information content (AvgIpc) is 3.15. The van der Waals surface area contributed by atoms with Crippen LogP contribution in [0.4, 0.5) is 0 Å². The number of hydrogen-bond donors (Lipinski definition) is 1. The molecular formula is C16H16N2O3S. The average molecular weight is 331 g/mol. The van der Waals surface area contributed by atoms with Gasteiger partial charge in [-0.3, -0.25) is 0 Å². The molecular weight excluding hydrogens is 300 g/mol. The van der Waals surface area contributed by atoms with E-state index in [1.807, 2.05) is 0 Å². The van der Waals surface area contributed by atoms with Crippen LogP contribution < -0.4 is 4.74 Å². The molecule has 0 aliphatic heterocycles. The highest BCUT2D eigenvalue weighted by atomic mass is 32.1. The molecule has 1 heterocycles. The van der Waals surface area contributed by atoms with E-state index in [1.165, 1.54) is 6.07 Å². The molecule has 114 valence electrons. The Bertz CT molecular complexity index is 1270. The van der Waals surface area contributed by atoms with E-state index < -0.39 is 89.6 Å². The highest BCUT2D eigenvalue weighted by Gasteiger charge is 2.16. The Hall–Kier alpha value is -2.39. The summed E-state index contributed by atoms with van der Waals surface area (Å²) >= 11 is 0.237. The number of aryl methyl sites for hydroxylation is 1. The van der Waals surface area contributed by atoms with Gasteiger partial charge in [-0.1, -0.05) is 13.7 Å². The zero-order valence-corrected chi connectivity index (χ0v) is 11.4. The van der Waals surface area contributed by atoms with Crippen LogP contribution in [0, 0.1) is 24.1 Å². The maximum atomic E-state index is 11.5.